The van der Waals surface area contributed by atoms with E-state index in [0.29, 0.717) is 6.54 Å². The molecule has 5 nitrogen and oxygen atoms in total. The Kier molecular flexibility index (Phi) is 3.27. The van der Waals surface area contributed by atoms with Crippen molar-refractivity contribution in [3.63, 3.8) is 0 Å². The lowest BCUT2D eigenvalue weighted by Gasteiger charge is -2.02. The molecule has 0 saturated heterocycles. The average molecular weight is 232 g/mol. The maximum Gasteiger partial charge on any atom is 0.345 e. The second-order valence-electron chi connectivity index (χ2n) is 4.10. The minimum atomic E-state index is -0.0717. The van der Waals surface area contributed by atoms with E-state index in [4.69, 9.17) is 5.73 Å². The molecule has 5 heteroatoms. The van der Waals surface area contributed by atoms with Crippen molar-refractivity contribution >= 4 is 5.69 Å². The van der Waals surface area contributed by atoms with E-state index in [1.807, 2.05) is 24.3 Å². The van der Waals surface area contributed by atoms with E-state index in [1.54, 1.807) is 7.05 Å². The molecule has 17 heavy (non-hydrogen) atoms. The van der Waals surface area contributed by atoms with Crippen molar-refractivity contribution in [2.24, 2.45) is 7.05 Å². The molecule has 1 aromatic carbocycles. The zero-order valence-electron chi connectivity index (χ0n) is 9.84. The number of nitrogen functional groups attached to an aromatic ring is 1. The number of hydrogen-bond acceptors (Lipinski definition) is 3. The Morgan fingerprint density at radius 2 is 2.24 bits per heavy atom. The number of nitrogens with zero attached hydrogens (tertiary/aromatic N) is 3. The zero-order chi connectivity index (χ0) is 12.3. The first-order chi connectivity index (χ1) is 8.16. The van der Waals surface area contributed by atoms with Gasteiger partial charge >= 0.3 is 5.69 Å². The molecular weight excluding hydrogens is 216 g/mol. The highest BCUT2D eigenvalue weighted by molar-refractivity contribution is 5.40. The molecular formula is C12H16N4O. The van der Waals surface area contributed by atoms with Gasteiger partial charge in [-0.05, 0) is 30.5 Å². The van der Waals surface area contributed by atoms with Crippen LogP contribution in [0.2, 0.25) is 0 Å². The van der Waals surface area contributed by atoms with Crippen molar-refractivity contribution in [1.29, 1.82) is 0 Å². The molecule has 0 atom stereocenters. The van der Waals surface area contributed by atoms with E-state index >= 15 is 0 Å². The van der Waals surface area contributed by atoms with Crippen molar-refractivity contribution in [2.45, 2.75) is 19.4 Å². The molecule has 0 amide bonds. The molecule has 0 aliphatic rings. The first-order valence-electron chi connectivity index (χ1n) is 5.59. The minimum absolute atomic E-state index is 0.0717. The summed E-state index contributed by atoms with van der Waals surface area (Å²) in [5.41, 5.74) is 7.59. The van der Waals surface area contributed by atoms with E-state index < -0.39 is 0 Å². The fourth-order valence-electron chi connectivity index (χ4n) is 1.76. The van der Waals surface area contributed by atoms with Gasteiger partial charge < -0.3 is 5.73 Å². The van der Waals surface area contributed by atoms with Gasteiger partial charge in [-0.2, -0.15) is 5.10 Å². The second kappa shape index (κ2) is 4.86. The molecule has 2 rings (SSSR count). The summed E-state index contributed by atoms with van der Waals surface area (Å²) in [5, 5.41) is 4.01. The van der Waals surface area contributed by atoms with E-state index in [0.717, 1.165) is 18.5 Å². The highest BCUT2D eigenvalue weighted by Crippen LogP contribution is 2.08. The molecule has 0 aliphatic heterocycles. The quantitative estimate of drug-likeness (QED) is 0.793. The van der Waals surface area contributed by atoms with E-state index in [2.05, 4.69) is 5.10 Å². The van der Waals surface area contributed by atoms with Gasteiger partial charge in [-0.25, -0.2) is 9.48 Å². The summed E-state index contributed by atoms with van der Waals surface area (Å²) in [6, 6.07) is 7.81. The van der Waals surface area contributed by atoms with Gasteiger partial charge in [0, 0.05) is 19.3 Å². The van der Waals surface area contributed by atoms with Crippen LogP contribution in [0, 0.1) is 0 Å². The lowest BCUT2D eigenvalue weighted by Crippen LogP contribution is -2.23. The van der Waals surface area contributed by atoms with Crippen LogP contribution in [-0.4, -0.2) is 14.3 Å². The predicted octanol–water partition coefficient (Wildman–Crippen LogP) is 0.797. The maximum atomic E-state index is 11.5. The fourth-order valence-corrected chi connectivity index (χ4v) is 1.76. The third-order valence-corrected chi connectivity index (χ3v) is 2.67. The lowest BCUT2D eigenvalue weighted by molar-refractivity contribution is 0.554. The van der Waals surface area contributed by atoms with Gasteiger partial charge in [0.1, 0.15) is 6.33 Å². The first kappa shape index (κ1) is 11.4. The molecule has 2 N–H and O–H groups in total. The molecule has 1 aromatic heterocycles. The van der Waals surface area contributed by atoms with Gasteiger partial charge in [0.25, 0.3) is 0 Å². The number of rotatable bonds is 4. The molecule has 0 unspecified atom stereocenters. The molecule has 0 spiro atoms. The summed E-state index contributed by atoms with van der Waals surface area (Å²) in [5.74, 6) is 0. The molecule has 0 saturated carbocycles. The first-order valence-corrected chi connectivity index (χ1v) is 5.59. The minimum Gasteiger partial charge on any atom is -0.399 e. The van der Waals surface area contributed by atoms with Crippen LogP contribution < -0.4 is 11.4 Å². The van der Waals surface area contributed by atoms with Crippen LogP contribution in [0.15, 0.2) is 35.4 Å². The largest absolute Gasteiger partial charge is 0.399 e. The summed E-state index contributed by atoms with van der Waals surface area (Å²) >= 11 is 0. The molecule has 1 heterocycles. The van der Waals surface area contributed by atoms with Gasteiger partial charge in [-0.15, -0.1) is 0 Å². The second-order valence-corrected chi connectivity index (χ2v) is 4.10. The van der Waals surface area contributed by atoms with Crippen molar-refractivity contribution in [2.75, 3.05) is 5.73 Å². The van der Waals surface area contributed by atoms with Crippen LogP contribution in [0.5, 0.6) is 0 Å². The van der Waals surface area contributed by atoms with Gasteiger partial charge in [-0.1, -0.05) is 12.1 Å². The molecule has 0 radical (unpaired) electrons. The zero-order valence-corrected chi connectivity index (χ0v) is 9.84. The van der Waals surface area contributed by atoms with Crippen molar-refractivity contribution in [3.05, 3.63) is 46.6 Å². The number of anilines is 1. The molecule has 0 fully saturated rings. The third kappa shape index (κ3) is 2.75. The maximum absolute atomic E-state index is 11.5. The van der Waals surface area contributed by atoms with Crippen LogP contribution in [0.25, 0.3) is 0 Å². The van der Waals surface area contributed by atoms with Crippen LogP contribution >= 0.6 is 0 Å². The summed E-state index contributed by atoms with van der Waals surface area (Å²) in [7, 11) is 1.70. The van der Waals surface area contributed by atoms with Crippen molar-refractivity contribution in [1.82, 2.24) is 14.3 Å². The van der Waals surface area contributed by atoms with Crippen LogP contribution in [0.4, 0.5) is 5.69 Å². The monoisotopic (exact) mass is 232 g/mol. The summed E-state index contributed by atoms with van der Waals surface area (Å²) in [6.45, 7) is 0.633. The van der Waals surface area contributed by atoms with Crippen LogP contribution in [0.3, 0.4) is 0 Å². The van der Waals surface area contributed by atoms with E-state index in [-0.39, 0.29) is 5.69 Å². The highest BCUT2D eigenvalue weighted by Gasteiger charge is 2.01. The number of benzene rings is 1. The topological polar surface area (TPSA) is 65.8 Å². The standard InChI is InChI=1S/C12H16N4O/c1-15-9-14-16(12(15)17)7-3-5-10-4-2-6-11(13)8-10/h2,4,6,8-9H,3,5,7,13H2,1H3. The van der Waals surface area contributed by atoms with E-state index in [1.165, 1.54) is 21.1 Å². The Balaban J connectivity index is 1.92. The molecule has 90 valence electrons. The van der Waals surface area contributed by atoms with Crippen LogP contribution in [0.1, 0.15) is 12.0 Å². The van der Waals surface area contributed by atoms with Crippen molar-refractivity contribution in [3.8, 4) is 0 Å². The Bertz CT molecular complexity index is 556. The SMILES string of the molecule is Cn1cnn(CCCc2cccc(N)c2)c1=O. The Labute approximate surface area is 99.5 Å². The van der Waals surface area contributed by atoms with Gasteiger partial charge in [0.05, 0.1) is 0 Å². The number of nitrogens with two attached hydrogens (primary N) is 1. The van der Waals surface area contributed by atoms with Crippen LogP contribution in [-0.2, 0) is 20.0 Å². The van der Waals surface area contributed by atoms with Gasteiger partial charge in [0.2, 0.25) is 0 Å². The Morgan fingerprint density at radius 3 is 2.88 bits per heavy atom. The highest BCUT2D eigenvalue weighted by atomic mass is 16.2. The normalized spacial score (nSPS) is 10.6. The number of hydrogen-bond donors (Lipinski definition) is 1. The average Bonchev–Trinajstić information content (AvgIpc) is 2.61. The van der Waals surface area contributed by atoms with Gasteiger partial charge in [-0.3, -0.25) is 4.57 Å². The summed E-state index contributed by atoms with van der Waals surface area (Å²) in [6.07, 6.45) is 3.30. The summed E-state index contributed by atoms with van der Waals surface area (Å²) < 4.78 is 2.95. The van der Waals surface area contributed by atoms with E-state index in [9.17, 15) is 4.79 Å². The molecule has 0 bridgehead atoms. The number of aromatic nitrogens is 3. The number of aryl methyl sites for hydroxylation is 3. The summed E-state index contributed by atoms with van der Waals surface area (Å²) in [4.78, 5) is 11.5. The van der Waals surface area contributed by atoms with Crippen molar-refractivity contribution < 1.29 is 0 Å². The van der Waals surface area contributed by atoms with Gasteiger partial charge in [0.15, 0.2) is 0 Å². The third-order valence-electron chi connectivity index (χ3n) is 2.67. The molecule has 0 aliphatic carbocycles. The smallest absolute Gasteiger partial charge is 0.345 e. The predicted molar refractivity (Wildman–Crippen MR) is 66.6 cm³/mol. The fraction of sp³-hybridized carbons (Fsp3) is 0.333. The lowest BCUT2D eigenvalue weighted by atomic mass is 10.1. The molecule has 2 aromatic rings. The Morgan fingerprint density at radius 1 is 1.41 bits per heavy atom. The Hall–Kier alpha value is -2.04.